The van der Waals surface area contributed by atoms with E-state index in [0.717, 1.165) is 17.4 Å². The molecule has 1 N–H and O–H groups in total. The van der Waals surface area contributed by atoms with Crippen LogP contribution in [0.5, 0.6) is 0 Å². The summed E-state index contributed by atoms with van der Waals surface area (Å²) in [5.74, 6) is 0. The lowest BCUT2D eigenvalue weighted by Gasteiger charge is -1.98. The Morgan fingerprint density at radius 3 is 2.86 bits per heavy atom. The van der Waals surface area contributed by atoms with Crippen LogP contribution in [0, 0.1) is 6.92 Å². The zero-order valence-corrected chi connectivity index (χ0v) is 8.72. The molecule has 2 aromatic rings. The molecule has 0 aliphatic rings. The van der Waals surface area contributed by atoms with Crippen molar-refractivity contribution in [3.05, 3.63) is 29.5 Å². The molecule has 1 aromatic heterocycles. The second-order valence-electron chi connectivity index (χ2n) is 3.75. The summed E-state index contributed by atoms with van der Waals surface area (Å²) in [7, 11) is 5.90. The summed E-state index contributed by atoms with van der Waals surface area (Å²) in [6.45, 7) is 4.31. The van der Waals surface area contributed by atoms with Gasteiger partial charge in [-0.05, 0) is 18.9 Å². The number of benzene rings is 1. The number of para-hydroxylation sites is 1. The highest BCUT2D eigenvalue weighted by Crippen LogP contribution is 2.21. The summed E-state index contributed by atoms with van der Waals surface area (Å²) in [4.78, 5) is 3.36. The minimum atomic E-state index is 0.841. The van der Waals surface area contributed by atoms with Crippen molar-refractivity contribution >= 4 is 24.2 Å². The smallest absolute Gasteiger partial charge is 0.116 e. The van der Waals surface area contributed by atoms with E-state index in [1.807, 2.05) is 12.1 Å². The van der Waals surface area contributed by atoms with Gasteiger partial charge in [0.05, 0.1) is 0 Å². The highest BCUT2D eigenvalue weighted by molar-refractivity contribution is 6.38. The van der Waals surface area contributed by atoms with Crippen LogP contribution in [0.3, 0.4) is 0 Å². The van der Waals surface area contributed by atoms with Gasteiger partial charge in [0.15, 0.2) is 0 Å². The topological polar surface area (TPSA) is 15.8 Å². The van der Waals surface area contributed by atoms with Crippen LogP contribution in [0.2, 0.25) is 0 Å². The molecular weight excluding hydrogens is 169 g/mol. The summed E-state index contributed by atoms with van der Waals surface area (Å²) >= 11 is 0. The minimum Gasteiger partial charge on any atom is -0.359 e. The molecule has 0 spiro atoms. The zero-order valence-electron chi connectivity index (χ0n) is 8.72. The first-order valence-corrected chi connectivity index (χ1v) is 5.09. The number of H-pyrrole nitrogens is 1. The van der Waals surface area contributed by atoms with Gasteiger partial charge in [0, 0.05) is 16.6 Å². The number of hydrogen-bond acceptors (Lipinski definition) is 0. The summed E-state index contributed by atoms with van der Waals surface area (Å²) in [5.41, 5.74) is 4.59. The summed E-state index contributed by atoms with van der Waals surface area (Å²) in [6, 6.07) is 6.10. The van der Waals surface area contributed by atoms with Gasteiger partial charge in [-0.2, -0.15) is 0 Å². The maximum absolute atomic E-state index is 5.90. The Morgan fingerprint density at radius 2 is 2.14 bits per heavy atom. The van der Waals surface area contributed by atoms with E-state index in [9.17, 15) is 0 Å². The first-order chi connectivity index (χ1) is 6.74. The lowest BCUT2D eigenvalue weighted by atomic mass is 9.93. The molecule has 2 rings (SSSR count). The average Bonchev–Trinajstić information content (AvgIpc) is 2.47. The Bertz CT molecular complexity index is 457. The fourth-order valence-electron chi connectivity index (χ4n) is 2.00. The molecule has 0 aliphatic carbocycles. The number of aryl methyl sites for hydroxylation is 2. The Hall–Kier alpha value is -1.18. The molecule has 0 unspecified atom stereocenters. The molecule has 1 nitrogen and oxygen atoms in total. The molecule has 2 radical (unpaired) electrons. The molecule has 1 aromatic carbocycles. The van der Waals surface area contributed by atoms with Gasteiger partial charge in [0.1, 0.15) is 7.85 Å². The summed E-state index contributed by atoms with van der Waals surface area (Å²) in [5, 5.41) is 1.28. The van der Waals surface area contributed by atoms with Crippen LogP contribution in [0.4, 0.5) is 0 Å². The maximum Gasteiger partial charge on any atom is 0.116 e. The van der Waals surface area contributed by atoms with E-state index in [1.54, 1.807) is 0 Å². The van der Waals surface area contributed by atoms with E-state index in [1.165, 1.54) is 23.1 Å². The number of rotatable bonds is 2. The van der Waals surface area contributed by atoms with Crippen molar-refractivity contribution in [1.82, 2.24) is 4.98 Å². The molecule has 14 heavy (non-hydrogen) atoms. The Labute approximate surface area is 85.9 Å². The number of aromatic amines is 1. The SMILES string of the molecule is [B]c1cccc2c(CCC)c(C)[nH]c12. The van der Waals surface area contributed by atoms with Crippen LogP contribution in [0.25, 0.3) is 10.9 Å². The normalized spacial score (nSPS) is 11.0. The molecular formula is C12H14BN. The summed E-state index contributed by atoms with van der Waals surface area (Å²) < 4.78 is 0. The zero-order chi connectivity index (χ0) is 10.1. The third kappa shape index (κ3) is 1.35. The molecule has 2 heteroatoms. The fraction of sp³-hybridized carbons (Fsp3) is 0.333. The molecule has 0 amide bonds. The van der Waals surface area contributed by atoms with Gasteiger partial charge in [-0.25, -0.2) is 0 Å². The van der Waals surface area contributed by atoms with E-state index in [0.29, 0.717) is 0 Å². The van der Waals surface area contributed by atoms with Crippen molar-refractivity contribution in [2.24, 2.45) is 0 Å². The number of hydrogen-bond donors (Lipinski definition) is 1. The van der Waals surface area contributed by atoms with Crippen molar-refractivity contribution in [2.75, 3.05) is 0 Å². The average molecular weight is 183 g/mol. The Morgan fingerprint density at radius 1 is 1.36 bits per heavy atom. The minimum absolute atomic E-state index is 0.841. The standard InChI is InChI=1S/C12H14BN/c1-3-5-9-8(2)14-12-10(9)6-4-7-11(12)13/h4,6-7,14H,3,5H2,1-2H3. The largest absolute Gasteiger partial charge is 0.359 e. The molecule has 0 aliphatic heterocycles. The van der Waals surface area contributed by atoms with Crippen LogP contribution >= 0.6 is 0 Å². The second kappa shape index (κ2) is 3.53. The first-order valence-electron chi connectivity index (χ1n) is 5.09. The van der Waals surface area contributed by atoms with Crippen molar-refractivity contribution in [3.63, 3.8) is 0 Å². The van der Waals surface area contributed by atoms with Crippen molar-refractivity contribution in [3.8, 4) is 0 Å². The van der Waals surface area contributed by atoms with Crippen LogP contribution in [-0.2, 0) is 6.42 Å². The molecule has 0 fully saturated rings. The van der Waals surface area contributed by atoms with Gasteiger partial charge < -0.3 is 4.98 Å². The third-order valence-corrected chi connectivity index (χ3v) is 2.69. The van der Waals surface area contributed by atoms with Gasteiger partial charge in [0.25, 0.3) is 0 Å². The molecule has 0 atom stereocenters. The lowest BCUT2D eigenvalue weighted by Crippen LogP contribution is -2.02. The lowest BCUT2D eigenvalue weighted by molar-refractivity contribution is 0.918. The van der Waals surface area contributed by atoms with E-state index >= 15 is 0 Å². The monoisotopic (exact) mass is 183 g/mol. The van der Waals surface area contributed by atoms with Crippen LogP contribution in [0.1, 0.15) is 24.6 Å². The Kier molecular flexibility index (Phi) is 2.36. The van der Waals surface area contributed by atoms with Gasteiger partial charge in [0.2, 0.25) is 0 Å². The highest BCUT2D eigenvalue weighted by Gasteiger charge is 2.07. The molecule has 0 saturated carbocycles. The Balaban J connectivity index is 2.70. The predicted octanol–water partition coefficient (Wildman–Crippen LogP) is 2.22. The number of fused-ring (bicyclic) bond motifs is 1. The van der Waals surface area contributed by atoms with Crippen molar-refractivity contribution in [1.29, 1.82) is 0 Å². The van der Waals surface area contributed by atoms with E-state index in [4.69, 9.17) is 7.85 Å². The molecule has 70 valence electrons. The van der Waals surface area contributed by atoms with E-state index < -0.39 is 0 Å². The predicted molar refractivity (Wildman–Crippen MR) is 62.4 cm³/mol. The van der Waals surface area contributed by atoms with Crippen LogP contribution < -0.4 is 5.46 Å². The van der Waals surface area contributed by atoms with Crippen molar-refractivity contribution < 1.29 is 0 Å². The van der Waals surface area contributed by atoms with Gasteiger partial charge >= 0.3 is 0 Å². The molecule has 1 heterocycles. The van der Waals surface area contributed by atoms with E-state index in [-0.39, 0.29) is 0 Å². The third-order valence-electron chi connectivity index (χ3n) is 2.69. The summed E-state index contributed by atoms with van der Waals surface area (Å²) in [6.07, 6.45) is 2.29. The second-order valence-corrected chi connectivity index (χ2v) is 3.75. The molecule has 0 saturated heterocycles. The quantitative estimate of drug-likeness (QED) is 0.687. The van der Waals surface area contributed by atoms with E-state index in [2.05, 4.69) is 24.9 Å². The first kappa shape index (κ1) is 9.38. The maximum atomic E-state index is 5.90. The van der Waals surface area contributed by atoms with Gasteiger partial charge in [-0.3, -0.25) is 0 Å². The highest BCUT2D eigenvalue weighted by atomic mass is 14.7. The number of aromatic nitrogens is 1. The van der Waals surface area contributed by atoms with Crippen LogP contribution in [-0.4, -0.2) is 12.8 Å². The molecule has 0 bridgehead atoms. The van der Waals surface area contributed by atoms with Crippen molar-refractivity contribution in [2.45, 2.75) is 26.7 Å². The van der Waals surface area contributed by atoms with Gasteiger partial charge in [-0.1, -0.05) is 37.0 Å². The van der Waals surface area contributed by atoms with Crippen LogP contribution in [0.15, 0.2) is 18.2 Å². The number of nitrogens with one attached hydrogen (secondary N) is 1. The van der Waals surface area contributed by atoms with Gasteiger partial charge in [-0.15, -0.1) is 0 Å². The fourth-order valence-corrected chi connectivity index (χ4v) is 2.00.